The third-order valence-corrected chi connectivity index (χ3v) is 2.49. The molecule has 0 aliphatic rings. The molecule has 4 nitrogen and oxygen atoms in total. The lowest BCUT2D eigenvalue weighted by Crippen LogP contribution is -2.34. The van der Waals surface area contributed by atoms with Crippen molar-refractivity contribution in [3.8, 4) is 0 Å². The largest absolute Gasteiger partial charge is 0.465 e. The molecule has 0 aliphatic carbocycles. The molecule has 4 heteroatoms. The normalized spacial score (nSPS) is 10.8. The zero-order valence-electron chi connectivity index (χ0n) is 10.9. The van der Waals surface area contributed by atoms with Crippen molar-refractivity contribution in [2.75, 3.05) is 13.1 Å². The van der Waals surface area contributed by atoms with Crippen molar-refractivity contribution in [2.45, 2.75) is 33.7 Å². The Hall–Kier alpha value is -1.29. The monoisotopic (exact) mass is 238 g/mol. The van der Waals surface area contributed by atoms with Crippen molar-refractivity contribution in [1.82, 2.24) is 10.6 Å². The van der Waals surface area contributed by atoms with E-state index >= 15 is 0 Å². The van der Waals surface area contributed by atoms with E-state index in [9.17, 15) is 4.79 Å². The van der Waals surface area contributed by atoms with Gasteiger partial charge < -0.3 is 15.1 Å². The van der Waals surface area contributed by atoms with Gasteiger partial charge >= 0.3 is 0 Å². The minimum Gasteiger partial charge on any atom is -0.465 e. The van der Waals surface area contributed by atoms with Crippen molar-refractivity contribution in [2.24, 2.45) is 5.92 Å². The molecule has 1 aromatic heterocycles. The fourth-order valence-electron chi connectivity index (χ4n) is 1.40. The van der Waals surface area contributed by atoms with Gasteiger partial charge in [0, 0.05) is 25.4 Å². The summed E-state index contributed by atoms with van der Waals surface area (Å²) in [5.74, 6) is 2.09. The van der Waals surface area contributed by atoms with Gasteiger partial charge in [-0.1, -0.05) is 20.8 Å². The molecule has 2 N–H and O–H groups in total. The van der Waals surface area contributed by atoms with Crippen LogP contribution in [0.3, 0.4) is 0 Å². The molecule has 0 radical (unpaired) electrons. The Morgan fingerprint density at radius 2 is 2.00 bits per heavy atom. The summed E-state index contributed by atoms with van der Waals surface area (Å²) in [7, 11) is 0. The second-order valence-electron chi connectivity index (χ2n) is 4.34. The Bertz CT molecular complexity index is 345. The Morgan fingerprint density at radius 3 is 2.59 bits per heavy atom. The molecule has 0 saturated carbocycles. The van der Waals surface area contributed by atoms with Gasteiger partial charge in [-0.2, -0.15) is 0 Å². The Balaban J connectivity index is 2.10. The highest BCUT2D eigenvalue weighted by molar-refractivity contribution is 5.77. The van der Waals surface area contributed by atoms with Gasteiger partial charge in [-0.25, -0.2) is 0 Å². The van der Waals surface area contributed by atoms with Crippen LogP contribution in [0.2, 0.25) is 0 Å². The van der Waals surface area contributed by atoms with E-state index in [-0.39, 0.29) is 11.8 Å². The summed E-state index contributed by atoms with van der Waals surface area (Å²) in [5.41, 5.74) is 0. The molecule has 0 unspecified atom stereocenters. The third-order valence-electron chi connectivity index (χ3n) is 2.49. The second kappa shape index (κ2) is 7.12. The van der Waals surface area contributed by atoms with Gasteiger partial charge in [0.2, 0.25) is 5.91 Å². The molecule has 1 aromatic rings. The minimum atomic E-state index is 0.0483. The number of furan rings is 1. The Labute approximate surface area is 103 Å². The smallest absolute Gasteiger partial charge is 0.222 e. The molecule has 1 heterocycles. The van der Waals surface area contributed by atoms with Crippen LogP contribution >= 0.6 is 0 Å². The van der Waals surface area contributed by atoms with E-state index in [0.717, 1.165) is 24.5 Å². The van der Waals surface area contributed by atoms with Gasteiger partial charge in [-0.3, -0.25) is 4.79 Å². The summed E-state index contributed by atoms with van der Waals surface area (Å²) >= 11 is 0. The minimum absolute atomic E-state index is 0.0483. The van der Waals surface area contributed by atoms with Gasteiger partial charge in [0.1, 0.15) is 11.5 Å². The number of aryl methyl sites for hydroxylation is 1. The topological polar surface area (TPSA) is 54.3 Å². The first-order valence-electron chi connectivity index (χ1n) is 6.19. The summed E-state index contributed by atoms with van der Waals surface area (Å²) in [4.78, 5) is 11.3. The summed E-state index contributed by atoms with van der Waals surface area (Å²) in [6, 6.07) is 3.98. The van der Waals surface area contributed by atoms with Crippen LogP contribution in [0.25, 0.3) is 0 Å². The lowest BCUT2D eigenvalue weighted by atomic mass is 10.2. The predicted molar refractivity (Wildman–Crippen MR) is 67.6 cm³/mol. The zero-order valence-corrected chi connectivity index (χ0v) is 10.9. The maximum absolute atomic E-state index is 11.3. The maximum atomic E-state index is 11.3. The van der Waals surface area contributed by atoms with E-state index in [1.807, 2.05) is 26.0 Å². The van der Waals surface area contributed by atoms with Crippen LogP contribution in [0, 0.1) is 5.92 Å². The van der Waals surface area contributed by atoms with Crippen LogP contribution in [-0.4, -0.2) is 19.0 Å². The van der Waals surface area contributed by atoms with Crippen molar-refractivity contribution < 1.29 is 9.21 Å². The van der Waals surface area contributed by atoms with Crippen LogP contribution < -0.4 is 10.6 Å². The molecule has 0 aromatic carbocycles. The highest BCUT2D eigenvalue weighted by atomic mass is 16.3. The van der Waals surface area contributed by atoms with Crippen LogP contribution in [-0.2, 0) is 17.8 Å². The summed E-state index contributed by atoms with van der Waals surface area (Å²) < 4.78 is 5.55. The molecule has 0 aliphatic heterocycles. The van der Waals surface area contributed by atoms with Crippen molar-refractivity contribution in [3.05, 3.63) is 23.7 Å². The van der Waals surface area contributed by atoms with Gasteiger partial charge in [0.15, 0.2) is 0 Å². The fraction of sp³-hybridized carbons (Fsp3) is 0.615. The number of amides is 1. The number of rotatable bonds is 7. The van der Waals surface area contributed by atoms with Crippen molar-refractivity contribution >= 4 is 5.91 Å². The quantitative estimate of drug-likeness (QED) is 0.711. The van der Waals surface area contributed by atoms with Gasteiger partial charge in [-0.15, -0.1) is 0 Å². The number of carbonyl (C=O) groups is 1. The first kappa shape index (κ1) is 13.8. The lowest BCUT2D eigenvalue weighted by Gasteiger charge is -2.07. The van der Waals surface area contributed by atoms with Crippen LogP contribution in [0.5, 0.6) is 0 Å². The first-order chi connectivity index (χ1) is 8.13. The third kappa shape index (κ3) is 5.04. The summed E-state index contributed by atoms with van der Waals surface area (Å²) in [6.45, 7) is 7.95. The van der Waals surface area contributed by atoms with Gasteiger partial charge in [-0.05, 0) is 12.1 Å². The van der Waals surface area contributed by atoms with Gasteiger partial charge in [0.05, 0.1) is 6.54 Å². The van der Waals surface area contributed by atoms with E-state index in [4.69, 9.17) is 4.42 Å². The van der Waals surface area contributed by atoms with Crippen LogP contribution in [0.4, 0.5) is 0 Å². The Morgan fingerprint density at radius 1 is 1.29 bits per heavy atom. The molecule has 0 fully saturated rings. The number of hydrogen-bond donors (Lipinski definition) is 2. The molecule has 1 rings (SSSR count). The molecule has 17 heavy (non-hydrogen) atoms. The first-order valence-corrected chi connectivity index (χ1v) is 6.19. The van der Waals surface area contributed by atoms with Crippen molar-refractivity contribution in [1.29, 1.82) is 0 Å². The van der Waals surface area contributed by atoms with Crippen molar-refractivity contribution in [3.63, 3.8) is 0 Å². The standard InChI is InChI=1S/C13H22N2O2/c1-4-11-5-6-12(17-11)9-14-7-8-15-13(16)10(2)3/h5-6,10,14H,4,7-9H2,1-3H3,(H,15,16). The van der Waals surface area contributed by atoms with Crippen LogP contribution in [0.1, 0.15) is 32.3 Å². The van der Waals surface area contributed by atoms with Gasteiger partial charge in [0.25, 0.3) is 0 Å². The molecule has 0 bridgehead atoms. The lowest BCUT2D eigenvalue weighted by molar-refractivity contribution is -0.123. The van der Waals surface area contributed by atoms with E-state index in [1.54, 1.807) is 0 Å². The highest BCUT2D eigenvalue weighted by Crippen LogP contribution is 2.07. The molecular formula is C13H22N2O2. The summed E-state index contributed by atoms with van der Waals surface area (Å²) in [6.07, 6.45) is 0.921. The molecular weight excluding hydrogens is 216 g/mol. The average molecular weight is 238 g/mol. The number of nitrogens with one attached hydrogen (secondary N) is 2. The molecule has 0 atom stereocenters. The molecule has 0 saturated heterocycles. The van der Waals surface area contributed by atoms with E-state index in [1.165, 1.54) is 0 Å². The number of hydrogen-bond acceptors (Lipinski definition) is 3. The van der Waals surface area contributed by atoms with E-state index in [0.29, 0.717) is 13.1 Å². The SMILES string of the molecule is CCc1ccc(CNCCNC(=O)C(C)C)o1. The zero-order chi connectivity index (χ0) is 12.7. The van der Waals surface area contributed by atoms with Crippen LogP contribution in [0.15, 0.2) is 16.5 Å². The Kier molecular flexibility index (Phi) is 5.77. The molecule has 96 valence electrons. The molecule has 1 amide bonds. The second-order valence-corrected chi connectivity index (χ2v) is 4.34. The maximum Gasteiger partial charge on any atom is 0.222 e. The number of carbonyl (C=O) groups excluding carboxylic acids is 1. The fourth-order valence-corrected chi connectivity index (χ4v) is 1.40. The van der Waals surface area contributed by atoms with E-state index < -0.39 is 0 Å². The van der Waals surface area contributed by atoms with E-state index in [2.05, 4.69) is 17.6 Å². The average Bonchev–Trinajstić information content (AvgIpc) is 2.76. The molecule has 0 spiro atoms. The predicted octanol–water partition coefficient (Wildman–Crippen LogP) is 1.70. The highest BCUT2D eigenvalue weighted by Gasteiger charge is 2.04. The summed E-state index contributed by atoms with van der Waals surface area (Å²) in [5, 5.41) is 6.08.